The van der Waals surface area contributed by atoms with E-state index in [1.165, 1.54) is 17.0 Å². The fourth-order valence-corrected chi connectivity index (χ4v) is 1.43. The largest absolute Gasteiger partial charge is 0.504 e. The van der Waals surface area contributed by atoms with Crippen LogP contribution in [-0.2, 0) is 4.79 Å². The Hall–Kier alpha value is -1.97. The van der Waals surface area contributed by atoms with Gasteiger partial charge in [0.2, 0.25) is 0 Å². The number of likely N-dealkylation sites (N-methyl/N-ethyl adjacent to an activating group) is 1. The Morgan fingerprint density at radius 3 is 2.31 bits per heavy atom. The van der Waals surface area contributed by atoms with Crippen molar-refractivity contribution in [3.63, 3.8) is 0 Å². The Morgan fingerprint density at radius 2 is 1.81 bits per heavy atom. The van der Waals surface area contributed by atoms with Gasteiger partial charge in [-0.2, -0.15) is 0 Å². The average Bonchev–Trinajstić information content (AvgIpc) is 2.21. The van der Waals surface area contributed by atoms with Crippen LogP contribution in [0.2, 0.25) is 0 Å². The summed E-state index contributed by atoms with van der Waals surface area (Å²) in [5, 5.41) is 18.7. The number of hydrogen-bond acceptors (Lipinski definition) is 3. The highest BCUT2D eigenvalue weighted by Crippen LogP contribution is 2.32. The van der Waals surface area contributed by atoms with Gasteiger partial charge in [-0.05, 0) is 25.5 Å². The smallest absolute Gasteiger partial charge is 0.253 e. The summed E-state index contributed by atoms with van der Waals surface area (Å²) in [6.07, 6.45) is 0. The van der Waals surface area contributed by atoms with E-state index in [4.69, 9.17) is 0 Å². The molecule has 0 atom stereocenters. The van der Waals surface area contributed by atoms with E-state index in [0.29, 0.717) is 16.8 Å². The molecule has 1 rings (SSSR count). The second-order valence-corrected chi connectivity index (χ2v) is 3.77. The summed E-state index contributed by atoms with van der Waals surface area (Å²) < 4.78 is 0. The van der Waals surface area contributed by atoms with Gasteiger partial charge in [0.1, 0.15) is 0 Å². The average molecular weight is 221 g/mol. The first-order chi connectivity index (χ1) is 7.34. The van der Waals surface area contributed by atoms with Crippen molar-refractivity contribution in [2.24, 2.45) is 0 Å². The van der Waals surface area contributed by atoms with E-state index in [1.807, 2.05) is 0 Å². The highest BCUT2D eigenvalue weighted by Gasteiger charge is 2.15. The first-order valence-electron chi connectivity index (χ1n) is 4.80. The third kappa shape index (κ3) is 2.16. The summed E-state index contributed by atoms with van der Waals surface area (Å²) in [4.78, 5) is 13.1. The summed E-state index contributed by atoms with van der Waals surface area (Å²) in [6, 6.07) is 2.76. The number of rotatable bonds is 2. The van der Waals surface area contributed by atoms with Crippen molar-refractivity contribution in [2.75, 3.05) is 11.9 Å². The molecule has 1 aromatic rings. The molecule has 0 aliphatic heterocycles. The predicted octanol–water partition coefficient (Wildman–Crippen LogP) is 1.95. The van der Waals surface area contributed by atoms with Gasteiger partial charge in [-0.15, -0.1) is 0 Å². The van der Waals surface area contributed by atoms with Crippen molar-refractivity contribution in [1.29, 1.82) is 0 Å². The zero-order valence-corrected chi connectivity index (χ0v) is 9.61. The molecule has 0 saturated heterocycles. The van der Waals surface area contributed by atoms with Gasteiger partial charge in [0.05, 0.1) is 5.69 Å². The molecule has 0 fully saturated rings. The summed E-state index contributed by atoms with van der Waals surface area (Å²) in [6.45, 7) is 6.93. The van der Waals surface area contributed by atoms with Crippen molar-refractivity contribution in [2.45, 2.75) is 13.8 Å². The van der Waals surface area contributed by atoms with E-state index in [0.717, 1.165) is 0 Å². The maximum atomic E-state index is 11.7. The zero-order valence-electron chi connectivity index (χ0n) is 9.61. The van der Waals surface area contributed by atoms with E-state index in [2.05, 4.69) is 6.58 Å². The molecular weight excluding hydrogens is 206 g/mol. The van der Waals surface area contributed by atoms with Crippen LogP contribution in [0.3, 0.4) is 0 Å². The second-order valence-electron chi connectivity index (χ2n) is 3.77. The van der Waals surface area contributed by atoms with Crippen LogP contribution in [0.15, 0.2) is 24.3 Å². The molecule has 0 aliphatic carbocycles. The number of carbonyl (C=O) groups excluding carboxylic acids is 1. The molecule has 4 nitrogen and oxygen atoms in total. The molecule has 0 aliphatic rings. The van der Waals surface area contributed by atoms with E-state index in [9.17, 15) is 15.0 Å². The number of nitrogens with zero attached hydrogens (tertiary/aromatic N) is 1. The molecular formula is C12H15NO3. The van der Waals surface area contributed by atoms with Crippen molar-refractivity contribution >= 4 is 11.6 Å². The molecule has 2 N–H and O–H groups in total. The van der Waals surface area contributed by atoms with Gasteiger partial charge in [-0.25, -0.2) is 0 Å². The molecule has 0 saturated carbocycles. The van der Waals surface area contributed by atoms with Crippen molar-refractivity contribution < 1.29 is 15.0 Å². The molecule has 0 heterocycles. The Kier molecular flexibility index (Phi) is 3.22. The minimum atomic E-state index is -0.248. The maximum absolute atomic E-state index is 11.7. The third-order valence-corrected chi connectivity index (χ3v) is 2.32. The number of phenolic OH excluding ortho intramolecular Hbond substituents is 2. The van der Waals surface area contributed by atoms with Gasteiger partial charge < -0.3 is 15.1 Å². The van der Waals surface area contributed by atoms with Gasteiger partial charge in [-0.1, -0.05) is 6.58 Å². The molecule has 0 spiro atoms. The van der Waals surface area contributed by atoms with Crippen molar-refractivity contribution in [3.05, 3.63) is 29.8 Å². The minimum absolute atomic E-state index is 0.197. The van der Waals surface area contributed by atoms with Gasteiger partial charge in [-0.3, -0.25) is 4.79 Å². The second kappa shape index (κ2) is 4.26. The SMILES string of the molecule is C=C(C)C(=O)N(C)c1cc(O)c(O)cc1C. The number of hydrogen-bond donors (Lipinski definition) is 2. The molecule has 0 bridgehead atoms. The lowest BCUT2D eigenvalue weighted by molar-refractivity contribution is -0.114. The number of anilines is 1. The topological polar surface area (TPSA) is 60.8 Å². The van der Waals surface area contributed by atoms with Crippen LogP contribution in [-0.4, -0.2) is 23.2 Å². The summed E-state index contributed by atoms with van der Waals surface area (Å²) in [5.74, 6) is -0.674. The molecule has 1 aromatic carbocycles. The lowest BCUT2D eigenvalue weighted by atomic mass is 10.1. The van der Waals surface area contributed by atoms with Gasteiger partial charge in [0.15, 0.2) is 11.5 Å². The summed E-state index contributed by atoms with van der Waals surface area (Å²) >= 11 is 0. The number of aryl methyl sites for hydroxylation is 1. The lowest BCUT2D eigenvalue weighted by Crippen LogP contribution is -2.27. The highest BCUT2D eigenvalue weighted by atomic mass is 16.3. The van der Waals surface area contributed by atoms with Crippen LogP contribution in [0.1, 0.15) is 12.5 Å². The van der Waals surface area contributed by atoms with E-state index < -0.39 is 0 Å². The van der Waals surface area contributed by atoms with Crippen LogP contribution >= 0.6 is 0 Å². The first-order valence-corrected chi connectivity index (χ1v) is 4.80. The van der Waals surface area contributed by atoms with Crippen molar-refractivity contribution in [1.82, 2.24) is 0 Å². The van der Waals surface area contributed by atoms with Crippen LogP contribution in [0.25, 0.3) is 0 Å². The normalized spacial score (nSPS) is 9.94. The Balaban J connectivity index is 3.19. The molecule has 16 heavy (non-hydrogen) atoms. The standard InChI is InChI=1S/C12H15NO3/c1-7(2)12(16)13(4)9-6-11(15)10(14)5-8(9)3/h5-6,14-15H,1H2,2-4H3. The van der Waals surface area contributed by atoms with Crippen LogP contribution in [0, 0.1) is 6.92 Å². The monoisotopic (exact) mass is 221 g/mol. The fraction of sp³-hybridized carbons (Fsp3) is 0.250. The summed E-state index contributed by atoms with van der Waals surface area (Å²) in [7, 11) is 1.59. The van der Waals surface area contributed by atoms with Crippen LogP contribution in [0.4, 0.5) is 5.69 Å². The Bertz CT molecular complexity index is 452. The minimum Gasteiger partial charge on any atom is -0.504 e. The number of benzene rings is 1. The molecule has 0 unspecified atom stereocenters. The number of phenols is 2. The van der Waals surface area contributed by atoms with E-state index in [-0.39, 0.29) is 17.4 Å². The maximum Gasteiger partial charge on any atom is 0.253 e. The van der Waals surface area contributed by atoms with E-state index >= 15 is 0 Å². The Morgan fingerprint density at radius 1 is 1.31 bits per heavy atom. The summed E-state index contributed by atoms with van der Waals surface area (Å²) in [5.41, 5.74) is 1.66. The predicted molar refractivity (Wildman–Crippen MR) is 62.7 cm³/mol. The first kappa shape index (κ1) is 12.1. The Labute approximate surface area is 94.4 Å². The van der Waals surface area contributed by atoms with Gasteiger partial charge >= 0.3 is 0 Å². The van der Waals surface area contributed by atoms with E-state index in [1.54, 1.807) is 20.9 Å². The van der Waals surface area contributed by atoms with Gasteiger partial charge in [0, 0.05) is 18.7 Å². The third-order valence-electron chi connectivity index (χ3n) is 2.32. The van der Waals surface area contributed by atoms with Crippen LogP contribution in [0.5, 0.6) is 11.5 Å². The fourth-order valence-electron chi connectivity index (χ4n) is 1.43. The zero-order chi connectivity index (χ0) is 12.5. The van der Waals surface area contributed by atoms with Crippen LogP contribution < -0.4 is 4.90 Å². The van der Waals surface area contributed by atoms with Gasteiger partial charge in [0.25, 0.3) is 5.91 Å². The molecule has 86 valence electrons. The molecule has 1 amide bonds. The highest BCUT2D eigenvalue weighted by molar-refractivity contribution is 6.04. The number of aromatic hydroxyl groups is 2. The molecule has 0 radical (unpaired) electrons. The quantitative estimate of drug-likeness (QED) is 0.592. The van der Waals surface area contributed by atoms with Crippen molar-refractivity contribution in [3.8, 4) is 11.5 Å². The molecule has 4 heteroatoms. The number of carbonyl (C=O) groups is 1. The number of amides is 1. The molecule has 0 aromatic heterocycles. The lowest BCUT2D eigenvalue weighted by Gasteiger charge is -2.20.